The number of carbonyl (C=O) groups is 1. The van der Waals surface area contributed by atoms with Crippen molar-refractivity contribution in [3.63, 3.8) is 0 Å². The lowest BCUT2D eigenvalue weighted by Crippen LogP contribution is -2.31. The van der Waals surface area contributed by atoms with E-state index in [1.54, 1.807) is 0 Å². The summed E-state index contributed by atoms with van der Waals surface area (Å²) in [7, 11) is 0. The lowest BCUT2D eigenvalue weighted by molar-refractivity contribution is -0.135. The van der Waals surface area contributed by atoms with Gasteiger partial charge in [-0.15, -0.1) is 11.8 Å². The van der Waals surface area contributed by atoms with Gasteiger partial charge in [-0.1, -0.05) is 0 Å². The third kappa shape index (κ3) is 7.64. The number of nitrogens with one attached hydrogen (secondary N) is 1. The zero-order valence-corrected chi connectivity index (χ0v) is 7.52. The second-order valence-corrected chi connectivity index (χ2v) is 3.98. The molecule has 0 heterocycles. The van der Waals surface area contributed by atoms with E-state index in [0.717, 1.165) is 0 Å². The maximum absolute atomic E-state index is 10.1. The van der Waals surface area contributed by atoms with Crippen LogP contribution in [0.25, 0.3) is 0 Å². The SMILES string of the molecule is CC(N)SC(C)NCC(=O)O. The van der Waals surface area contributed by atoms with Gasteiger partial charge in [0, 0.05) is 5.37 Å². The Morgan fingerprint density at radius 2 is 2.27 bits per heavy atom. The van der Waals surface area contributed by atoms with Crippen LogP contribution in [0, 0.1) is 0 Å². The third-order valence-electron chi connectivity index (χ3n) is 0.960. The Bertz CT molecular complexity index is 130. The Balaban J connectivity index is 3.37. The first-order valence-electron chi connectivity index (χ1n) is 3.38. The van der Waals surface area contributed by atoms with Crippen LogP contribution in [-0.4, -0.2) is 28.4 Å². The summed E-state index contributed by atoms with van der Waals surface area (Å²) in [6, 6.07) is 0. The molecule has 0 bridgehead atoms. The molecule has 0 aliphatic heterocycles. The van der Waals surface area contributed by atoms with Crippen molar-refractivity contribution < 1.29 is 9.90 Å². The van der Waals surface area contributed by atoms with Gasteiger partial charge in [0.2, 0.25) is 0 Å². The van der Waals surface area contributed by atoms with Gasteiger partial charge in [-0.3, -0.25) is 10.1 Å². The molecule has 11 heavy (non-hydrogen) atoms. The zero-order valence-electron chi connectivity index (χ0n) is 6.70. The van der Waals surface area contributed by atoms with Crippen molar-refractivity contribution in [1.29, 1.82) is 0 Å². The van der Waals surface area contributed by atoms with Crippen LogP contribution < -0.4 is 11.1 Å². The van der Waals surface area contributed by atoms with Gasteiger partial charge in [0.1, 0.15) is 0 Å². The fourth-order valence-corrected chi connectivity index (χ4v) is 1.42. The molecule has 0 radical (unpaired) electrons. The molecule has 0 aliphatic rings. The highest BCUT2D eigenvalue weighted by Crippen LogP contribution is 2.09. The summed E-state index contributed by atoms with van der Waals surface area (Å²) in [5.41, 5.74) is 5.48. The van der Waals surface area contributed by atoms with Crippen molar-refractivity contribution in [3.05, 3.63) is 0 Å². The first kappa shape index (κ1) is 10.7. The van der Waals surface area contributed by atoms with Crippen LogP contribution in [0.1, 0.15) is 13.8 Å². The number of hydrogen-bond donors (Lipinski definition) is 3. The molecule has 0 rings (SSSR count). The topological polar surface area (TPSA) is 75.3 Å². The minimum absolute atomic E-state index is 0.0130. The molecule has 5 heteroatoms. The van der Waals surface area contributed by atoms with E-state index in [1.807, 2.05) is 13.8 Å². The van der Waals surface area contributed by atoms with Gasteiger partial charge in [0.15, 0.2) is 0 Å². The zero-order chi connectivity index (χ0) is 8.85. The number of hydrogen-bond acceptors (Lipinski definition) is 4. The second-order valence-electron chi connectivity index (χ2n) is 2.26. The van der Waals surface area contributed by atoms with Crippen LogP contribution in [0.15, 0.2) is 0 Å². The van der Waals surface area contributed by atoms with Gasteiger partial charge in [-0.05, 0) is 13.8 Å². The average Bonchev–Trinajstić information content (AvgIpc) is 1.82. The van der Waals surface area contributed by atoms with Crippen LogP contribution in [-0.2, 0) is 4.79 Å². The average molecular weight is 178 g/mol. The van der Waals surface area contributed by atoms with E-state index >= 15 is 0 Å². The molecule has 0 aromatic carbocycles. The molecule has 2 atom stereocenters. The lowest BCUT2D eigenvalue weighted by atomic mass is 10.6. The van der Waals surface area contributed by atoms with Gasteiger partial charge in [0.25, 0.3) is 0 Å². The van der Waals surface area contributed by atoms with Crippen molar-refractivity contribution in [2.75, 3.05) is 6.54 Å². The van der Waals surface area contributed by atoms with Crippen LogP contribution in [0.4, 0.5) is 0 Å². The van der Waals surface area contributed by atoms with Crippen LogP contribution >= 0.6 is 11.8 Å². The Labute approximate surface area is 70.5 Å². The molecule has 0 aromatic heterocycles. The van der Waals surface area contributed by atoms with Gasteiger partial charge in [0.05, 0.1) is 11.9 Å². The first-order chi connectivity index (χ1) is 5.02. The van der Waals surface area contributed by atoms with Crippen molar-refractivity contribution in [2.24, 2.45) is 5.73 Å². The van der Waals surface area contributed by atoms with E-state index in [1.165, 1.54) is 11.8 Å². The minimum Gasteiger partial charge on any atom is -0.480 e. The Morgan fingerprint density at radius 3 is 2.64 bits per heavy atom. The Morgan fingerprint density at radius 1 is 1.73 bits per heavy atom. The smallest absolute Gasteiger partial charge is 0.317 e. The molecule has 0 aliphatic carbocycles. The molecular formula is C6H14N2O2S. The van der Waals surface area contributed by atoms with E-state index in [0.29, 0.717) is 0 Å². The summed E-state index contributed by atoms with van der Waals surface area (Å²) < 4.78 is 0. The van der Waals surface area contributed by atoms with Crippen molar-refractivity contribution in [2.45, 2.75) is 24.6 Å². The fraction of sp³-hybridized carbons (Fsp3) is 0.833. The molecule has 0 amide bonds. The number of carboxylic acid groups (broad SMARTS) is 1. The highest BCUT2D eigenvalue weighted by molar-refractivity contribution is 8.00. The predicted octanol–water partition coefficient (Wildman–Crippen LogP) is 0.0445. The molecule has 0 saturated carbocycles. The maximum atomic E-state index is 10.1. The largest absolute Gasteiger partial charge is 0.480 e. The summed E-state index contributed by atoms with van der Waals surface area (Å²) in [4.78, 5) is 10.1. The first-order valence-corrected chi connectivity index (χ1v) is 4.33. The van der Waals surface area contributed by atoms with Crippen molar-refractivity contribution >= 4 is 17.7 Å². The summed E-state index contributed by atoms with van der Waals surface area (Å²) in [5.74, 6) is -0.845. The van der Waals surface area contributed by atoms with E-state index in [2.05, 4.69) is 5.32 Å². The van der Waals surface area contributed by atoms with Gasteiger partial charge in [-0.25, -0.2) is 0 Å². The Hall–Kier alpha value is -0.260. The molecule has 66 valence electrons. The number of thioether (sulfide) groups is 1. The monoisotopic (exact) mass is 178 g/mol. The van der Waals surface area contributed by atoms with Crippen LogP contribution in [0.5, 0.6) is 0 Å². The van der Waals surface area contributed by atoms with Crippen LogP contribution in [0.3, 0.4) is 0 Å². The molecule has 4 nitrogen and oxygen atoms in total. The normalized spacial score (nSPS) is 15.9. The maximum Gasteiger partial charge on any atom is 0.317 e. The lowest BCUT2D eigenvalue weighted by Gasteiger charge is -2.13. The molecular weight excluding hydrogens is 164 g/mol. The molecule has 0 aromatic rings. The molecule has 2 unspecified atom stereocenters. The Kier molecular flexibility index (Phi) is 5.27. The number of carboxylic acids is 1. The molecule has 4 N–H and O–H groups in total. The van der Waals surface area contributed by atoms with E-state index < -0.39 is 5.97 Å². The van der Waals surface area contributed by atoms with Crippen molar-refractivity contribution in [3.8, 4) is 0 Å². The number of rotatable bonds is 5. The van der Waals surface area contributed by atoms with Gasteiger partial charge < -0.3 is 10.8 Å². The number of aliphatic carboxylic acids is 1. The van der Waals surface area contributed by atoms with Gasteiger partial charge >= 0.3 is 5.97 Å². The molecule has 0 saturated heterocycles. The molecule has 0 spiro atoms. The highest BCUT2D eigenvalue weighted by atomic mass is 32.2. The predicted molar refractivity (Wildman–Crippen MR) is 46.3 cm³/mol. The van der Waals surface area contributed by atoms with E-state index in [-0.39, 0.29) is 17.3 Å². The van der Waals surface area contributed by atoms with Crippen molar-refractivity contribution in [1.82, 2.24) is 5.32 Å². The van der Waals surface area contributed by atoms with E-state index in [9.17, 15) is 4.79 Å². The van der Waals surface area contributed by atoms with E-state index in [4.69, 9.17) is 10.8 Å². The highest BCUT2D eigenvalue weighted by Gasteiger charge is 2.05. The summed E-state index contributed by atoms with van der Waals surface area (Å²) in [6.45, 7) is 3.74. The summed E-state index contributed by atoms with van der Waals surface area (Å²) in [5, 5.41) is 11.2. The minimum atomic E-state index is -0.845. The standard InChI is InChI=1S/C6H14N2O2S/c1-4(7)11-5(2)8-3-6(9)10/h4-5,8H,3,7H2,1-2H3,(H,9,10). The summed E-state index contributed by atoms with van der Waals surface area (Å²) >= 11 is 1.50. The second kappa shape index (κ2) is 5.40. The third-order valence-corrected chi connectivity index (χ3v) is 1.96. The molecule has 0 fully saturated rings. The number of nitrogens with two attached hydrogens (primary N) is 1. The summed E-state index contributed by atoms with van der Waals surface area (Å²) in [6.07, 6.45) is 0. The quantitative estimate of drug-likeness (QED) is 0.518. The fourth-order valence-electron chi connectivity index (χ4n) is 0.601. The van der Waals surface area contributed by atoms with Crippen LogP contribution in [0.2, 0.25) is 0 Å². The van der Waals surface area contributed by atoms with Gasteiger partial charge in [-0.2, -0.15) is 0 Å².